The van der Waals surface area contributed by atoms with Crippen LogP contribution in [-0.2, 0) is 0 Å². The molecule has 1 unspecified atom stereocenters. The maximum absolute atomic E-state index is 9.31. The molecule has 0 aromatic heterocycles. The minimum atomic E-state index is -0.0938. The monoisotopic (exact) mass is 129 g/mol. The molecule has 9 heavy (non-hydrogen) atoms. The van der Waals surface area contributed by atoms with Gasteiger partial charge in [-0.1, -0.05) is 13.3 Å². The first kappa shape index (κ1) is 7.03. The zero-order valence-electron chi connectivity index (χ0n) is 5.93. The number of hydrogen-bond donors (Lipinski definition) is 2. The van der Waals surface area contributed by atoms with Crippen LogP contribution in [0.2, 0.25) is 0 Å². The largest absolute Gasteiger partial charge is 0.392 e. The van der Waals surface area contributed by atoms with E-state index < -0.39 is 0 Å². The third-order valence-electron chi connectivity index (χ3n) is 2.11. The van der Waals surface area contributed by atoms with Crippen molar-refractivity contribution in [3.63, 3.8) is 0 Å². The van der Waals surface area contributed by atoms with Crippen molar-refractivity contribution < 1.29 is 5.11 Å². The SMILES string of the molecule is CCC1CCNC[C@H]1O. The molecule has 1 heterocycles. The van der Waals surface area contributed by atoms with Gasteiger partial charge in [-0.05, 0) is 18.9 Å². The average molecular weight is 129 g/mol. The van der Waals surface area contributed by atoms with Crippen molar-refractivity contribution in [2.45, 2.75) is 25.9 Å². The summed E-state index contributed by atoms with van der Waals surface area (Å²) in [5, 5.41) is 12.5. The van der Waals surface area contributed by atoms with Gasteiger partial charge in [0.25, 0.3) is 0 Å². The Morgan fingerprint density at radius 1 is 1.67 bits per heavy atom. The van der Waals surface area contributed by atoms with Gasteiger partial charge in [0.2, 0.25) is 0 Å². The highest BCUT2D eigenvalue weighted by Gasteiger charge is 2.19. The fraction of sp³-hybridized carbons (Fsp3) is 1.00. The van der Waals surface area contributed by atoms with Crippen molar-refractivity contribution in [2.24, 2.45) is 5.92 Å². The van der Waals surface area contributed by atoms with Crippen LogP contribution in [-0.4, -0.2) is 24.3 Å². The van der Waals surface area contributed by atoms with Crippen molar-refractivity contribution in [2.75, 3.05) is 13.1 Å². The van der Waals surface area contributed by atoms with Gasteiger partial charge in [-0.25, -0.2) is 0 Å². The molecule has 0 aromatic carbocycles. The second kappa shape index (κ2) is 3.18. The Kier molecular flexibility index (Phi) is 2.49. The van der Waals surface area contributed by atoms with Crippen LogP contribution in [0.1, 0.15) is 19.8 Å². The highest BCUT2D eigenvalue weighted by Crippen LogP contribution is 2.15. The normalized spacial score (nSPS) is 36.7. The molecule has 0 radical (unpaired) electrons. The maximum Gasteiger partial charge on any atom is 0.0693 e. The lowest BCUT2D eigenvalue weighted by Gasteiger charge is -2.26. The van der Waals surface area contributed by atoms with Crippen molar-refractivity contribution in [1.82, 2.24) is 5.32 Å². The molecule has 0 bridgehead atoms. The predicted molar refractivity (Wildman–Crippen MR) is 37.3 cm³/mol. The van der Waals surface area contributed by atoms with E-state index in [1.807, 2.05) is 0 Å². The Balaban J connectivity index is 2.30. The van der Waals surface area contributed by atoms with E-state index in [0.717, 1.165) is 25.9 Å². The van der Waals surface area contributed by atoms with Crippen LogP contribution in [0.4, 0.5) is 0 Å². The summed E-state index contributed by atoms with van der Waals surface area (Å²) in [7, 11) is 0. The molecule has 1 aliphatic heterocycles. The summed E-state index contributed by atoms with van der Waals surface area (Å²) in [6, 6.07) is 0. The summed E-state index contributed by atoms with van der Waals surface area (Å²) in [5.74, 6) is 0.547. The first-order valence-electron chi connectivity index (χ1n) is 3.73. The highest BCUT2D eigenvalue weighted by atomic mass is 16.3. The first-order valence-corrected chi connectivity index (χ1v) is 3.73. The predicted octanol–water partition coefficient (Wildman–Crippen LogP) is 0.367. The lowest BCUT2D eigenvalue weighted by Crippen LogP contribution is -2.40. The van der Waals surface area contributed by atoms with Crippen LogP contribution in [0.5, 0.6) is 0 Å². The average Bonchev–Trinajstić information content (AvgIpc) is 1.89. The molecule has 2 atom stereocenters. The summed E-state index contributed by atoms with van der Waals surface area (Å²) in [4.78, 5) is 0. The Labute approximate surface area is 56.3 Å². The van der Waals surface area contributed by atoms with Crippen LogP contribution >= 0.6 is 0 Å². The third-order valence-corrected chi connectivity index (χ3v) is 2.11. The molecular weight excluding hydrogens is 114 g/mol. The fourth-order valence-corrected chi connectivity index (χ4v) is 1.37. The van der Waals surface area contributed by atoms with Gasteiger partial charge in [-0.3, -0.25) is 0 Å². The van der Waals surface area contributed by atoms with E-state index in [1.165, 1.54) is 0 Å². The van der Waals surface area contributed by atoms with Gasteiger partial charge < -0.3 is 10.4 Å². The van der Waals surface area contributed by atoms with Crippen LogP contribution in [0.15, 0.2) is 0 Å². The van der Waals surface area contributed by atoms with Gasteiger partial charge in [-0.2, -0.15) is 0 Å². The first-order chi connectivity index (χ1) is 4.34. The molecule has 1 rings (SSSR count). The zero-order valence-corrected chi connectivity index (χ0v) is 5.93. The van der Waals surface area contributed by atoms with Gasteiger partial charge in [0.05, 0.1) is 6.10 Å². The number of hydrogen-bond acceptors (Lipinski definition) is 2. The molecule has 0 saturated carbocycles. The summed E-state index contributed by atoms with van der Waals surface area (Å²) < 4.78 is 0. The number of aliphatic hydroxyl groups is 1. The molecule has 0 spiro atoms. The Bertz CT molecular complexity index is 85.0. The molecular formula is C7H15NO. The van der Waals surface area contributed by atoms with Gasteiger partial charge in [0.1, 0.15) is 0 Å². The van der Waals surface area contributed by atoms with Crippen molar-refractivity contribution in [3.05, 3.63) is 0 Å². The molecule has 1 aliphatic rings. The highest BCUT2D eigenvalue weighted by molar-refractivity contribution is 4.75. The molecule has 2 N–H and O–H groups in total. The molecule has 1 saturated heterocycles. The van der Waals surface area contributed by atoms with Crippen LogP contribution in [0.3, 0.4) is 0 Å². The molecule has 0 aromatic rings. The standard InChI is InChI=1S/C7H15NO/c1-2-6-3-4-8-5-7(6)9/h6-9H,2-5H2,1H3/t6?,7-/m1/s1. The molecule has 2 heteroatoms. The topological polar surface area (TPSA) is 32.3 Å². The second-order valence-electron chi connectivity index (χ2n) is 2.73. The maximum atomic E-state index is 9.31. The molecule has 1 fully saturated rings. The number of β-amino-alcohol motifs (C(OH)–C–C–N with tert-alkyl or cyclic N) is 1. The second-order valence-corrected chi connectivity index (χ2v) is 2.73. The smallest absolute Gasteiger partial charge is 0.0693 e. The van der Waals surface area contributed by atoms with E-state index in [4.69, 9.17) is 0 Å². The summed E-state index contributed by atoms with van der Waals surface area (Å²) >= 11 is 0. The number of rotatable bonds is 1. The Hall–Kier alpha value is -0.0800. The summed E-state index contributed by atoms with van der Waals surface area (Å²) in [6.07, 6.45) is 2.16. The van der Waals surface area contributed by atoms with Crippen LogP contribution < -0.4 is 5.32 Å². The van der Waals surface area contributed by atoms with E-state index in [0.29, 0.717) is 5.92 Å². The molecule has 0 amide bonds. The lowest BCUT2D eigenvalue weighted by molar-refractivity contribution is 0.0799. The van der Waals surface area contributed by atoms with E-state index in [2.05, 4.69) is 12.2 Å². The molecule has 0 aliphatic carbocycles. The van der Waals surface area contributed by atoms with E-state index in [9.17, 15) is 5.11 Å². The minimum Gasteiger partial charge on any atom is -0.392 e. The minimum absolute atomic E-state index is 0.0938. The van der Waals surface area contributed by atoms with Gasteiger partial charge >= 0.3 is 0 Å². The van der Waals surface area contributed by atoms with Crippen LogP contribution in [0, 0.1) is 5.92 Å². The number of piperidine rings is 1. The van der Waals surface area contributed by atoms with E-state index in [1.54, 1.807) is 0 Å². The van der Waals surface area contributed by atoms with Gasteiger partial charge in [-0.15, -0.1) is 0 Å². The number of nitrogens with one attached hydrogen (secondary N) is 1. The van der Waals surface area contributed by atoms with Gasteiger partial charge in [0.15, 0.2) is 0 Å². The quantitative estimate of drug-likeness (QED) is 0.536. The molecule has 2 nitrogen and oxygen atoms in total. The Morgan fingerprint density at radius 2 is 2.44 bits per heavy atom. The third kappa shape index (κ3) is 1.66. The molecule has 54 valence electrons. The Morgan fingerprint density at radius 3 is 2.89 bits per heavy atom. The summed E-state index contributed by atoms with van der Waals surface area (Å²) in [6.45, 7) is 4.01. The van der Waals surface area contributed by atoms with Gasteiger partial charge in [0, 0.05) is 6.54 Å². The fourth-order valence-electron chi connectivity index (χ4n) is 1.37. The lowest BCUT2D eigenvalue weighted by atomic mass is 9.93. The summed E-state index contributed by atoms with van der Waals surface area (Å²) in [5.41, 5.74) is 0. The van der Waals surface area contributed by atoms with Crippen LogP contribution in [0.25, 0.3) is 0 Å². The van der Waals surface area contributed by atoms with E-state index in [-0.39, 0.29) is 6.10 Å². The zero-order chi connectivity index (χ0) is 6.69. The van der Waals surface area contributed by atoms with Crippen molar-refractivity contribution >= 4 is 0 Å². The van der Waals surface area contributed by atoms with E-state index >= 15 is 0 Å². The van der Waals surface area contributed by atoms with Crippen molar-refractivity contribution in [3.8, 4) is 0 Å². The number of aliphatic hydroxyl groups excluding tert-OH is 1. The van der Waals surface area contributed by atoms with Crippen molar-refractivity contribution in [1.29, 1.82) is 0 Å².